The maximum Gasteiger partial charge on any atom is 0.242 e. The summed E-state index contributed by atoms with van der Waals surface area (Å²) >= 11 is 6.15. The van der Waals surface area contributed by atoms with E-state index in [0.29, 0.717) is 0 Å². The normalized spacial score (nSPS) is 12.2. The largest absolute Gasteiger partial charge is 0.493 e. The molecule has 8 heteroatoms. The predicted molar refractivity (Wildman–Crippen MR) is 91.5 cm³/mol. The third-order valence-corrected chi connectivity index (χ3v) is 4.18. The molecule has 0 atom stereocenters. The van der Waals surface area contributed by atoms with Gasteiger partial charge < -0.3 is 10.0 Å². The number of aromatic hydroxyl groups is 1. The first-order chi connectivity index (χ1) is 10.7. The number of likely N-dealkylation sites (N-methyl/N-ethyl adjacent to an activating group) is 1. The summed E-state index contributed by atoms with van der Waals surface area (Å²) in [5.74, 6) is -1.53. The van der Waals surface area contributed by atoms with Crippen LogP contribution in [0.2, 0.25) is 0 Å². The molecular weight excluding hydrogens is 339 g/mol. The zero-order valence-electron chi connectivity index (χ0n) is 13.0. The molecule has 0 aliphatic rings. The summed E-state index contributed by atoms with van der Waals surface area (Å²) in [6.07, 6.45) is 3.41. The summed E-state index contributed by atoms with van der Waals surface area (Å²) in [6, 6.07) is 0. The van der Waals surface area contributed by atoms with Gasteiger partial charge in [-0.25, -0.2) is 4.39 Å². The van der Waals surface area contributed by atoms with Crippen LogP contribution in [0, 0.1) is 3.95 Å². The number of aromatic nitrogens is 1. The molecule has 1 amide bonds. The van der Waals surface area contributed by atoms with E-state index in [9.17, 15) is 19.1 Å². The van der Waals surface area contributed by atoms with Gasteiger partial charge in [-0.2, -0.15) is 0 Å². The van der Waals surface area contributed by atoms with Gasteiger partial charge in [-0.3, -0.25) is 14.2 Å². The van der Waals surface area contributed by atoms with Crippen molar-refractivity contribution in [1.82, 2.24) is 9.47 Å². The van der Waals surface area contributed by atoms with Gasteiger partial charge in [-0.05, 0) is 37.4 Å². The molecule has 0 bridgehead atoms. The fourth-order valence-electron chi connectivity index (χ4n) is 1.58. The third kappa shape index (κ3) is 4.97. The first-order valence-corrected chi connectivity index (χ1v) is 7.74. The Balaban J connectivity index is 3.34. The molecule has 1 aromatic rings. The van der Waals surface area contributed by atoms with Crippen LogP contribution in [-0.4, -0.2) is 40.4 Å². The Labute approximate surface area is 142 Å². The molecule has 1 heterocycles. The fraction of sp³-hybridized carbons (Fsp3) is 0.267. The summed E-state index contributed by atoms with van der Waals surface area (Å²) in [4.78, 5) is 25.2. The highest BCUT2D eigenvalue weighted by atomic mass is 32.1. The first kappa shape index (κ1) is 19.0. The zero-order valence-corrected chi connectivity index (χ0v) is 14.6. The van der Waals surface area contributed by atoms with Gasteiger partial charge in [-0.15, -0.1) is 11.3 Å². The maximum atomic E-state index is 13.1. The van der Waals surface area contributed by atoms with Gasteiger partial charge in [0.1, 0.15) is 6.54 Å². The van der Waals surface area contributed by atoms with Crippen LogP contribution >= 0.6 is 23.6 Å². The van der Waals surface area contributed by atoms with Crippen molar-refractivity contribution in [2.24, 2.45) is 0 Å². The molecule has 0 saturated heterocycles. The van der Waals surface area contributed by atoms with Gasteiger partial charge in [-0.1, -0.05) is 6.58 Å². The fourth-order valence-corrected chi connectivity index (χ4v) is 2.84. The second-order valence-corrected chi connectivity index (χ2v) is 6.51. The van der Waals surface area contributed by atoms with Gasteiger partial charge in [0.05, 0.1) is 10.7 Å². The number of nitrogens with zero attached hydrogens (tertiary/aromatic N) is 2. The van der Waals surface area contributed by atoms with E-state index in [1.165, 1.54) is 22.5 Å². The molecule has 1 rings (SSSR count). The van der Waals surface area contributed by atoms with E-state index in [1.807, 2.05) is 0 Å². The lowest BCUT2D eigenvalue weighted by Crippen LogP contribution is -2.26. The number of rotatable bonds is 6. The predicted octanol–water partition coefficient (Wildman–Crippen LogP) is 3.08. The van der Waals surface area contributed by atoms with E-state index in [-0.39, 0.29) is 32.7 Å². The number of carbonyl (C=O) groups excluding carboxylic acids is 2. The van der Waals surface area contributed by atoms with Crippen molar-refractivity contribution < 1.29 is 19.1 Å². The molecule has 124 valence electrons. The van der Waals surface area contributed by atoms with Crippen LogP contribution in [0.3, 0.4) is 0 Å². The minimum atomic E-state index is -0.559. The highest BCUT2D eigenvalue weighted by molar-refractivity contribution is 7.73. The van der Waals surface area contributed by atoms with E-state index in [4.69, 9.17) is 12.2 Å². The molecule has 0 radical (unpaired) electrons. The summed E-state index contributed by atoms with van der Waals surface area (Å²) in [7, 11) is 3.18. The summed E-state index contributed by atoms with van der Waals surface area (Å²) in [5.41, 5.74) is 0.0256. The van der Waals surface area contributed by atoms with Crippen LogP contribution in [0.15, 0.2) is 30.1 Å². The first-order valence-electron chi connectivity index (χ1n) is 6.52. The number of carbonyl (C=O) groups is 2. The van der Waals surface area contributed by atoms with Crippen LogP contribution in [0.25, 0.3) is 6.08 Å². The number of allylic oxidation sites excluding steroid dienone is 4. The minimum Gasteiger partial charge on any atom is -0.493 e. The van der Waals surface area contributed by atoms with E-state index < -0.39 is 11.6 Å². The molecule has 1 N–H and O–H groups in total. The standard InChI is InChI=1S/C15H17FN2O3S2/c1-5-11(19)10(6-9(2)16)7-12-14(21)18(15(22)23-12)8-13(20)17(3)4/h5-7,21H,1,8H2,2-4H3/b9-6+,10-7?. The van der Waals surface area contributed by atoms with Crippen molar-refractivity contribution in [2.75, 3.05) is 14.1 Å². The molecule has 0 spiro atoms. The van der Waals surface area contributed by atoms with Crippen LogP contribution in [0.1, 0.15) is 11.8 Å². The molecular formula is C15H17FN2O3S2. The number of hydrogen-bond donors (Lipinski definition) is 1. The Morgan fingerprint density at radius 2 is 2.09 bits per heavy atom. The third-order valence-electron chi connectivity index (χ3n) is 2.80. The quantitative estimate of drug-likeness (QED) is 0.483. The van der Waals surface area contributed by atoms with Crippen LogP contribution in [0.5, 0.6) is 5.88 Å². The van der Waals surface area contributed by atoms with Gasteiger partial charge >= 0.3 is 0 Å². The molecule has 1 aromatic heterocycles. The van der Waals surface area contributed by atoms with Crippen molar-refractivity contribution in [2.45, 2.75) is 13.5 Å². The molecule has 0 aliphatic heterocycles. The number of amides is 1. The summed E-state index contributed by atoms with van der Waals surface area (Å²) in [5, 5.41) is 10.2. The van der Waals surface area contributed by atoms with Gasteiger partial charge in [0, 0.05) is 19.7 Å². The van der Waals surface area contributed by atoms with Crippen molar-refractivity contribution >= 4 is 41.3 Å². The number of ketones is 1. The Bertz CT molecular complexity index is 753. The molecule has 0 unspecified atom stereocenters. The molecule has 0 aliphatic carbocycles. The number of halogens is 1. The smallest absolute Gasteiger partial charge is 0.242 e. The highest BCUT2D eigenvalue weighted by Crippen LogP contribution is 2.29. The Hall–Kier alpha value is -2.06. The van der Waals surface area contributed by atoms with E-state index in [1.54, 1.807) is 14.1 Å². The Morgan fingerprint density at radius 3 is 2.57 bits per heavy atom. The lowest BCUT2D eigenvalue weighted by molar-refractivity contribution is -0.129. The lowest BCUT2D eigenvalue weighted by atomic mass is 10.1. The van der Waals surface area contributed by atoms with Gasteiger partial charge in [0.25, 0.3) is 0 Å². The topological polar surface area (TPSA) is 62.5 Å². The van der Waals surface area contributed by atoms with E-state index in [2.05, 4.69) is 6.58 Å². The summed E-state index contributed by atoms with van der Waals surface area (Å²) in [6.45, 7) is 4.44. The lowest BCUT2D eigenvalue weighted by Gasteiger charge is -2.11. The van der Waals surface area contributed by atoms with Crippen molar-refractivity contribution in [3.63, 3.8) is 0 Å². The molecule has 0 aromatic carbocycles. The molecule has 0 saturated carbocycles. The number of hydrogen-bond acceptors (Lipinski definition) is 5. The average Bonchev–Trinajstić information content (AvgIpc) is 2.72. The van der Waals surface area contributed by atoms with E-state index >= 15 is 0 Å². The van der Waals surface area contributed by atoms with Crippen LogP contribution in [-0.2, 0) is 16.1 Å². The van der Waals surface area contributed by atoms with Crippen molar-refractivity contribution in [3.8, 4) is 5.88 Å². The van der Waals surface area contributed by atoms with Gasteiger partial charge in [0.15, 0.2) is 9.74 Å². The van der Waals surface area contributed by atoms with Crippen molar-refractivity contribution in [1.29, 1.82) is 0 Å². The second-order valence-electron chi connectivity index (χ2n) is 4.83. The van der Waals surface area contributed by atoms with Crippen LogP contribution in [0.4, 0.5) is 4.39 Å². The molecule has 23 heavy (non-hydrogen) atoms. The Kier molecular flexibility index (Phi) is 6.59. The summed E-state index contributed by atoms with van der Waals surface area (Å²) < 4.78 is 14.6. The van der Waals surface area contributed by atoms with Crippen molar-refractivity contribution in [3.05, 3.63) is 39.0 Å². The van der Waals surface area contributed by atoms with Crippen LogP contribution < -0.4 is 0 Å². The Morgan fingerprint density at radius 1 is 1.48 bits per heavy atom. The highest BCUT2D eigenvalue weighted by Gasteiger charge is 2.15. The second kappa shape index (κ2) is 7.98. The minimum absolute atomic E-state index is 0.0256. The number of thiazole rings is 1. The molecule has 5 nitrogen and oxygen atoms in total. The maximum absolute atomic E-state index is 13.1. The van der Waals surface area contributed by atoms with E-state index in [0.717, 1.165) is 23.5 Å². The van der Waals surface area contributed by atoms with Gasteiger partial charge in [0.2, 0.25) is 11.8 Å². The molecule has 0 fully saturated rings. The average molecular weight is 356 g/mol. The monoisotopic (exact) mass is 356 g/mol. The zero-order chi connectivity index (χ0) is 17.7. The SMILES string of the molecule is C=CC(=O)C(=Cc1sc(=S)n(CC(=O)N(C)C)c1O)/C=C(\C)F.